The van der Waals surface area contributed by atoms with Gasteiger partial charge in [0, 0.05) is 6.42 Å². The van der Waals surface area contributed by atoms with Gasteiger partial charge in [-0.05, 0) is 12.8 Å². The van der Waals surface area contributed by atoms with Crippen LogP contribution in [0.15, 0.2) is 22.2 Å². The zero-order valence-electron chi connectivity index (χ0n) is 20.6. The summed E-state index contributed by atoms with van der Waals surface area (Å²) in [6, 6.07) is 0. The summed E-state index contributed by atoms with van der Waals surface area (Å²) in [7, 11) is -4.71. The smallest absolute Gasteiger partial charge is 0.447 e. The second kappa shape index (κ2) is 10.9. The molecule has 2 aliphatic heterocycles. The lowest BCUT2D eigenvalue weighted by atomic mass is 10.2. The number of hydrogen-bond acceptors (Lipinski definition) is 15. The van der Waals surface area contributed by atoms with E-state index >= 15 is 0 Å². The summed E-state index contributed by atoms with van der Waals surface area (Å²) in [5.41, 5.74) is 15.1. The van der Waals surface area contributed by atoms with Crippen LogP contribution in [0.4, 0.5) is 16.7 Å². The van der Waals surface area contributed by atoms with Gasteiger partial charge in [-0.3, -0.25) is 28.0 Å². The maximum Gasteiger partial charge on any atom is 0.472 e. The number of primary amides is 1. The first-order chi connectivity index (χ1) is 19.0. The number of nitrogen functional groups attached to an aromatic ring is 2. The molecule has 216 valence electrons. The molecule has 3 aromatic heterocycles. The van der Waals surface area contributed by atoms with Crippen molar-refractivity contribution in [3.05, 3.63) is 33.5 Å². The number of H-pyrrole nitrogens is 1. The number of ether oxygens (including phenoxy) is 3. The van der Waals surface area contributed by atoms with E-state index in [0.717, 1.165) is 10.9 Å². The number of imidazole rings is 1. The quantitative estimate of drug-likeness (QED) is 0.179. The molecule has 2 saturated heterocycles. The Kier molecular flexibility index (Phi) is 7.53. The number of phosphoric ester groups is 1. The SMILES string of the molecule is NC(=O)OC[C@H]1O[C@@H](n2cnc(N)nc2=O)C[C@H]1OP(=O)(O)OC[C@@H]1CC[C@H](n2cnc3c(=O)[nH]c(N)nc32)O1. The molecule has 20 nitrogen and oxygen atoms in total. The summed E-state index contributed by atoms with van der Waals surface area (Å²) >= 11 is 0. The van der Waals surface area contributed by atoms with Gasteiger partial charge in [-0.2, -0.15) is 9.97 Å². The highest BCUT2D eigenvalue weighted by Crippen LogP contribution is 2.49. The largest absolute Gasteiger partial charge is 0.472 e. The predicted molar refractivity (Wildman–Crippen MR) is 131 cm³/mol. The Labute approximate surface area is 223 Å². The van der Waals surface area contributed by atoms with E-state index in [9.17, 15) is 23.8 Å². The summed E-state index contributed by atoms with van der Waals surface area (Å²) in [5, 5.41) is 0. The van der Waals surface area contributed by atoms with Gasteiger partial charge < -0.3 is 36.3 Å². The first-order valence-electron chi connectivity index (χ1n) is 11.8. The molecule has 2 aliphatic rings. The van der Waals surface area contributed by atoms with Crippen molar-refractivity contribution in [3.63, 3.8) is 0 Å². The molecule has 1 amide bonds. The third-order valence-corrected chi connectivity index (χ3v) is 7.18. The number of rotatable bonds is 9. The third-order valence-electron chi connectivity index (χ3n) is 6.16. The van der Waals surface area contributed by atoms with E-state index in [0.29, 0.717) is 12.8 Å². The molecule has 0 radical (unpaired) electrons. The van der Waals surface area contributed by atoms with Crippen LogP contribution in [0.25, 0.3) is 11.2 Å². The molecule has 3 aromatic rings. The monoisotopic (exact) mass is 584 g/mol. The predicted octanol–water partition coefficient (Wildman–Crippen LogP) is -1.50. The van der Waals surface area contributed by atoms with Crippen LogP contribution in [0, 0.1) is 0 Å². The second-order valence-corrected chi connectivity index (χ2v) is 10.3. The molecule has 5 heterocycles. The maximum atomic E-state index is 12.8. The lowest BCUT2D eigenvalue weighted by molar-refractivity contribution is -0.0521. The van der Waals surface area contributed by atoms with Crippen LogP contribution in [-0.2, 0) is 27.8 Å². The number of carbonyl (C=O) groups is 1. The summed E-state index contributed by atoms with van der Waals surface area (Å²) in [6.45, 7) is -0.757. The molecule has 40 heavy (non-hydrogen) atoms. The van der Waals surface area contributed by atoms with Crippen LogP contribution >= 0.6 is 7.82 Å². The number of nitrogens with one attached hydrogen (secondary N) is 1. The zero-order valence-corrected chi connectivity index (χ0v) is 21.5. The number of aromatic amines is 1. The second-order valence-electron chi connectivity index (χ2n) is 8.87. The van der Waals surface area contributed by atoms with Crippen LogP contribution < -0.4 is 28.5 Å². The summed E-state index contributed by atoms with van der Waals surface area (Å²) in [6.07, 6.45) is -2.31. The fourth-order valence-electron chi connectivity index (χ4n) is 4.40. The molecule has 0 spiro atoms. The molecular weight excluding hydrogens is 559 g/mol. The summed E-state index contributed by atoms with van der Waals surface area (Å²) < 4.78 is 42.2. The van der Waals surface area contributed by atoms with Crippen molar-refractivity contribution in [2.45, 2.75) is 50.0 Å². The van der Waals surface area contributed by atoms with Crippen molar-refractivity contribution in [3.8, 4) is 0 Å². The van der Waals surface area contributed by atoms with Gasteiger partial charge in [-0.25, -0.2) is 24.1 Å². The van der Waals surface area contributed by atoms with Crippen LogP contribution in [0.1, 0.15) is 31.7 Å². The lowest BCUT2D eigenvalue weighted by Crippen LogP contribution is -2.31. The van der Waals surface area contributed by atoms with E-state index in [4.69, 9.17) is 40.5 Å². The molecule has 0 aromatic carbocycles. The molecule has 0 saturated carbocycles. The van der Waals surface area contributed by atoms with Crippen molar-refractivity contribution >= 4 is 37.0 Å². The van der Waals surface area contributed by atoms with Gasteiger partial charge >= 0.3 is 19.6 Å². The summed E-state index contributed by atoms with van der Waals surface area (Å²) in [4.78, 5) is 63.5. The highest BCUT2D eigenvalue weighted by molar-refractivity contribution is 7.47. The van der Waals surface area contributed by atoms with Gasteiger partial charge in [0.25, 0.3) is 5.56 Å². The molecule has 0 bridgehead atoms. The van der Waals surface area contributed by atoms with Gasteiger partial charge in [0.1, 0.15) is 37.6 Å². The highest BCUT2D eigenvalue weighted by atomic mass is 31.2. The van der Waals surface area contributed by atoms with E-state index in [-0.39, 0.29) is 36.1 Å². The Morgan fingerprint density at radius 1 is 1.12 bits per heavy atom. The molecule has 6 atom stereocenters. The van der Waals surface area contributed by atoms with Crippen molar-refractivity contribution < 1.29 is 37.5 Å². The maximum absolute atomic E-state index is 12.8. The van der Waals surface area contributed by atoms with E-state index in [1.165, 1.54) is 10.9 Å². The Morgan fingerprint density at radius 3 is 2.65 bits per heavy atom. The zero-order chi connectivity index (χ0) is 28.6. The minimum Gasteiger partial charge on any atom is -0.447 e. The van der Waals surface area contributed by atoms with Gasteiger partial charge in [-0.15, -0.1) is 0 Å². The number of hydrogen-bond donors (Lipinski definition) is 5. The van der Waals surface area contributed by atoms with Crippen molar-refractivity contribution in [1.82, 2.24) is 34.1 Å². The number of nitrogens with zero attached hydrogens (tertiary/aromatic N) is 6. The van der Waals surface area contributed by atoms with Gasteiger partial charge in [-0.1, -0.05) is 0 Å². The van der Waals surface area contributed by atoms with E-state index in [1.54, 1.807) is 0 Å². The minimum atomic E-state index is -4.71. The molecule has 2 fully saturated rings. The molecular formula is C19H25N10O10P. The van der Waals surface area contributed by atoms with Crippen LogP contribution in [0.5, 0.6) is 0 Å². The van der Waals surface area contributed by atoms with Gasteiger partial charge in [0.2, 0.25) is 11.9 Å². The summed E-state index contributed by atoms with van der Waals surface area (Å²) in [5.74, 6) is -0.331. The van der Waals surface area contributed by atoms with Crippen molar-refractivity contribution in [2.24, 2.45) is 5.73 Å². The topological polar surface area (TPSA) is 290 Å². The molecule has 5 rings (SSSR count). The fourth-order valence-corrected chi connectivity index (χ4v) is 5.38. The van der Waals surface area contributed by atoms with E-state index in [1.807, 2.05) is 0 Å². The molecule has 1 unspecified atom stereocenters. The minimum absolute atomic E-state index is 0.0815. The lowest BCUT2D eigenvalue weighted by Gasteiger charge is -2.22. The number of fused-ring (bicyclic) bond motifs is 1. The normalized spacial score (nSPS) is 26.2. The van der Waals surface area contributed by atoms with Crippen LogP contribution in [-0.4, -0.2) is 76.6 Å². The van der Waals surface area contributed by atoms with Crippen molar-refractivity contribution in [1.29, 1.82) is 0 Å². The number of phosphoric acid groups is 1. The van der Waals surface area contributed by atoms with Crippen LogP contribution in [0.2, 0.25) is 0 Å². The number of aromatic nitrogens is 7. The van der Waals surface area contributed by atoms with Crippen molar-refractivity contribution in [2.75, 3.05) is 24.7 Å². The third kappa shape index (κ3) is 5.96. The molecule has 8 N–H and O–H groups in total. The highest BCUT2D eigenvalue weighted by Gasteiger charge is 2.43. The van der Waals surface area contributed by atoms with E-state index in [2.05, 4.69) is 24.9 Å². The average Bonchev–Trinajstić information content (AvgIpc) is 3.60. The first-order valence-corrected chi connectivity index (χ1v) is 13.3. The Morgan fingerprint density at radius 2 is 1.90 bits per heavy atom. The Balaban J connectivity index is 1.21. The number of carbonyl (C=O) groups excluding carboxylic acids is 1. The van der Waals surface area contributed by atoms with Gasteiger partial charge in [0.05, 0.1) is 19.0 Å². The Hall–Kier alpha value is -3.94. The molecule has 0 aliphatic carbocycles. The first kappa shape index (κ1) is 27.6. The number of amides is 1. The standard InChI is InChI=1S/C19H25N10O10P/c20-16-24-7-29(19(32)27-16)12-3-9(10(38-12)5-35-18(22)31)39-40(33,34)36-4-8-1-2-11(37-8)28-6-23-13-14(28)25-17(21)26-15(13)30/h6-12H,1-5H2,(H2,22,31)(H,33,34)(H2,20,27,32)(H3,21,25,26,30)/t8-,9+,10+,11+,12+/m0/s1. The fraction of sp³-hybridized carbons (Fsp3) is 0.526. The average molecular weight is 584 g/mol. The van der Waals surface area contributed by atoms with Gasteiger partial charge in [0.15, 0.2) is 11.2 Å². The Bertz CT molecular complexity index is 1580. The van der Waals surface area contributed by atoms with Crippen LogP contribution in [0.3, 0.4) is 0 Å². The number of anilines is 2. The number of nitrogens with two attached hydrogens (primary N) is 3. The molecule has 21 heteroatoms. The van der Waals surface area contributed by atoms with E-state index < -0.39 is 62.5 Å².